The molecule has 2 atom stereocenters. The van der Waals surface area contributed by atoms with Gasteiger partial charge in [-0.1, -0.05) is 66.7 Å². The van der Waals surface area contributed by atoms with Crippen LogP contribution in [0.3, 0.4) is 0 Å². The molecule has 0 aliphatic carbocycles. The Hall–Kier alpha value is -7.43. The van der Waals surface area contributed by atoms with Crippen molar-refractivity contribution in [3.8, 4) is 0 Å². The van der Waals surface area contributed by atoms with Crippen LogP contribution in [0, 0.1) is 13.8 Å². The summed E-state index contributed by atoms with van der Waals surface area (Å²) in [6.07, 6.45) is 0.899. The molecule has 330 valence electrons. The first-order valence-corrected chi connectivity index (χ1v) is 20.3. The largest absolute Gasteiger partial charge is 0.460 e. The topological polar surface area (TPSA) is 216 Å². The molecular formula is C46H50N6O11. The molecule has 2 heterocycles. The minimum atomic E-state index is -0.995. The van der Waals surface area contributed by atoms with Gasteiger partial charge >= 0.3 is 23.4 Å². The molecule has 17 heteroatoms. The van der Waals surface area contributed by atoms with Crippen molar-refractivity contribution < 1.29 is 33.4 Å². The normalized spacial score (nSPS) is 12.1. The van der Waals surface area contributed by atoms with Gasteiger partial charge in [0.15, 0.2) is 0 Å². The quantitative estimate of drug-likeness (QED) is 0.136. The Morgan fingerprint density at radius 2 is 1.03 bits per heavy atom. The molecule has 2 aromatic heterocycles. The van der Waals surface area contributed by atoms with Crippen molar-refractivity contribution in [1.82, 2.24) is 28.9 Å². The highest BCUT2D eigenvalue weighted by Gasteiger charge is 2.26. The van der Waals surface area contributed by atoms with Crippen LogP contribution in [-0.2, 0) is 38.8 Å². The highest BCUT2D eigenvalue weighted by Crippen LogP contribution is 2.13. The van der Waals surface area contributed by atoms with E-state index in [1.165, 1.54) is 50.5 Å². The van der Waals surface area contributed by atoms with Gasteiger partial charge in [-0.25, -0.2) is 14.4 Å². The minimum absolute atomic E-state index is 0.0368. The number of alkyl carbamates (subject to hydrolysis) is 1. The second-order valence-corrected chi connectivity index (χ2v) is 15.9. The monoisotopic (exact) mass is 862 g/mol. The predicted octanol–water partition coefficient (Wildman–Crippen LogP) is 3.71. The summed E-state index contributed by atoms with van der Waals surface area (Å²) in [4.78, 5) is 120. The zero-order valence-corrected chi connectivity index (χ0v) is 35.7. The Labute approximate surface area is 361 Å². The second kappa shape index (κ2) is 20.9. The van der Waals surface area contributed by atoms with E-state index in [2.05, 4.69) is 10.6 Å². The number of aromatic nitrogens is 4. The van der Waals surface area contributed by atoms with Gasteiger partial charge < -0.3 is 20.1 Å². The van der Waals surface area contributed by atoms with Gasteiger partial charge in [-0.2, -0.15) is 9.13 Å². The fraction of sp³-hybridized carbons (Fsp3) is 0.326. The van der Waals surface area contributed by atoms with Crippen molar-refractivity contribution in [3.63, 3.8) is 0 Å². The van der Waals surface area contributed by atoms with Gasteiger partial charge in [0.2, 0.25) is 5.91 Å². The maximum Gasteiger partial charge on any atom is 0.407 e. The third-order valence-electron chi connectivity index (χ3n) is 9.70. The summed E-state index contributed by atoms with van der Waals surface area (Å²) in [6.45, 7) is 7.57. The molecule has 0 aliphatic rings. The Balaban J connectivity index is 1.39. The van der Waals surface area contributed by atoms with Gasteiger partial charge in [0.25, 0.3) is 22.9 Å². The van der Waals surface area contributed by atoms with E-state index in [0.29, 0.717) is 14.7 Å². The molecule has 0 bridgehead atoms. The molecule has 0 spiro atoms. The van der Waals surface area contributed by atoms with Gasteiger partial charge in [0, 0.05) is 66.2 Å². The Kier molecular flexibility index (Phi) is 15.5. The molecule has 63 heavy (non-hydrogen) atoms. The van der Waals surface area contributed by atoms with E-state index < -0.39 is 76.4 Å². The van der Waals surface area contributed by atoms with Crippen molar-refractivity contribution in [2.45, 2.75) is 97.7 Å². The first kappa shape index (κ1) is 46.6. The summed E-state index contributed by atoms with van der Waals surface area (Å²) < 4.78 is 14.3. The van der Waals surface area contributed by atoms with Crippen LogP contribution in [-0.4, -0.2) is 65.7 Å². The summed E-state index contributed by atoms with van der Waals surface area (Å²) >= 11 is 0. The first-order chi connectivity index (χ1) is 29.9. The van der Waals surface area contributed by atoms with E-state index in [0.717, 1.165) is 9.13 Å². The van der Waals surface area contributed by atoms with Crippen LogP contribution in [0.1, 0.15) is 83.9 Å². The number of ether oxygens (including phenoxy) is 2. The Bertz CT molecular complexity index is 2700. The van der Waals surface area contributed by atoms with Crippen LogP contribution in [0.15, 0.2) is 123 Å². The van der Waals surface area contributed by atoms with E-state index in [9.17, 15) is 43.2 Å². The smallest absolute Gasteiger partial charge is 0.407 e. The minimum Gasteiger partial charge on any atom is -0.460 e. The molecule has 3 aromatic carbocycles. The van der Waals surface area contributed by atoms with Crippen molar-refractivity contribution in [1.29, 1.82) is 0 Å². The third-order valence-corrected chi connectivity index (χ3v) is 9.70. The van der Waals surface area contributed by atoms with Crippen molar-refractivity contribution >= 4 is 29.8 Å². The van der Waals surface area contributed by atoms with Crippen molar-refractivity contribution in [3.05, 3.63) is 173 Å². The molecular weight excluding hydrogens is 813 g/mol. The lowest BCUT2D eigenvalue weighted by Crippen LogP contribution is -2.47. The summed E-state index contributed by atoms with van der Waals surface area (Å²) in [6, 6.07) is 22.6. The van der Waals surface area contributed by atoms with Crippen molar-refractivity contribution in [2.75, 3.05) is 0 Å². The van der Waals surface area contributed by atoms with E-state index >= 15 is 0 Å². The van der Waals surface area contributed by atoms with Gasteiger partial charge in [0.05, 0.1) is 6.42 Å². The highest BCUT2D eigenvalue weighted by molar-refractivity contribution is 5.96. The number of aryl methyl sites for hydroxylation is 4. The summed E-state index contributed by atoms with van der Waals surface area (Å²) in [5, 5.41) is 5.48. The van der Waals surface area contributed by atoms with Gasteiger partial charge in [-0.15, -0.1) is 0 Å². The van der Waals surface area contributed by atoms with Gasteiger partial charge in [-0.3, -0.25) is 37.9 Å². The molecule has 5 rings (SSSR count). The number of carbonyl (C=O) groups is 5. The number of carbonyl (C=O) groups excluding carboxylic acids is 5. The molecule has 0 saturated carbocycles. The molecule has 17 nitrogen and oxygen atoms in total. The summed E-state index contributed by atoms with van der Waals surface area (Å²) in [5.74, 6) is -2.94. The van der Waals surface area contributed by atoms with Crippen LogP contribution >= 0.6 is 0 Å². The summed E-state index contributed by atoms with van der Waals surface area (Å²) in [5.41, 5.74) is -3.14. The van der Waals surface area contributed by atoms with Crippen LogP contribution < -0.4 is 33.1 Å². The second-order valence-electron chi connectivity index (χ2n) is 15.9. The number of hydrogen-bond acceptors (Lipinski definition) is 11. The Morgan fingerprint density at radius 1 is 0.603 bits per heavy atom. The SMILES string of the molecule is Cc1cn(CC[C@H](CC(=O)OC(C)(C)C)NC(=O)C[C@@H](CCn2cc(C)c(=O)n(C(=O)c3ccccc3)c2=O)NC(=O)OCc2ccccc2)c(=O)n(C(=O)c2ccccc2)c1=O. The van der Waals surface area contributed by atoms with Gasteiger partial charge in [0.1, 0.15) is 12.2 Å². The lowest BCUT2D eigenvalue weighted by molar-refractivity contribution is -0.155. The van der Waals surface area contributed by atoms with E-state index in [1.54, 1.807) is 87.5 Å². The summed E-state index contributed by atoms with van der Waals surface area (Å²) in [7, 11) is 0. The average molecular weight is 863 g/mol. The lowest BCUT2D eigenvalue weighted by atomic mass is 10.1. The number of esters is 1. The van der Waals surface area contributed by atoms with Crippen LogP contribution in [0.2, 0.25) is 0 Å². The molecule has 2 N–H and O–H groups in total. The highest BCUT2D eigenvalue weighted by atomic mass is 16.6. The molecule has 0 fully saturated rings. The maximum absolute atomic E-state index is 13.9. The Morgan fingerprint density at radius 3 is 1.48 bits per heavy atom. The van der Waals surface area contributed by atoms with Crippen LogP contribution in [0.5, 0.6) is 0 Å². The van der Waals surface area contributed by atoms with Crippen LogP contribution in [0.25, 0.3) is 0 Å². The third kappa shape index (κ3) is 12.8. The lowest BCUT2D eigenvalue weighted by Gasteiger charge is -2.24. The van der Waals surface area contributed by atoms with E-state index in [-0.39, 0.29) is 61.2 Å². The average Bonchev–Trinajstić information content (AvgIpc) is 3.24. The maximum atomic E-state index is 13.9. The zero-order chi connectivity index (χ0) is 45.8. The predicted molar refractivity (Wildman–Crippen MR) is 232 cm³/mol. The number of nitrogens with zero attached hydrogens (tertiary/aromatic N) is 4. The van der Waals surface area contributed by atoms with Crippen molar-refractivity contribution in [2.24, 2.45) is 0 Å². The number of rotatable bonds is 16. The van der Waals surface area contributed by atoms with E-state index in [1.807, 2.05) is 0 Å². The fourth-order valence-electron chi connectivity index (χ4n) is 6.64. The number of hydrogen-bond donors (Lipinski definition) is 2. The standard InChI is InChI=1S/C46H50N6O11/c1-30-27-49(44(60)51(39(30)55)41(57)33-17-11-7-12-18-33)23-21-35(48-43(59)62-29-32-15-9-6-10-16-32)25-37(53)47-36(26-38(54)63-46(3,4)5)22-24-50-28-31(2)40(56)52(45(50)61)42(58)34-19-13-8-14-20-34/h6-20,27-28,35-36H,21-26,29H2,1-5H3,(H,47,53)(H,48,59)/t35-,36-/m1/s1. The molecule has 0 saturated heterocycles. The zero-order valence-electron chi connectivity index (χ0n) is 35.7. The molecule has 2 amide bonds. The van der Waals surface area contributed by atoms with E-state index in [4.69, 9.17) is 9.47 Å². The number of benzene rings is 3. The van der Waals surface area contributed by atoms with Gasteiger partial charge in [-0.05, 0) is 77.3 Å². The molecule has 0 radical (unpaired) electrons. The first-order valence-electron chi connectivity index (χ1n) is 20.3. The molecule has 5 aromatic rings. The fourth-order valence-corrected chi connectivity index (χ4v) is 6.64. The van der Waals surface area contributed by atoms with Crippen LogP contribution in [0.4, 0.5) is 4.79 Å². The molecule has 0 unspecified atom stereocenters. The number of nitrogens with one attached hydrogen (secondary N) is 2. The number of amides is 2. The molecule has 0 aliphatic heterocycles.